The van der Waals surface area contributed by atoms with Crippen molar-refractivity contribution in [2.75, 3.05) is 26.2 Å². The monoisotopic (exact) mass is 264 g/mol. The molecule has 1 saturated heterocycles. The van der Waals surface area contributed by atoms with Gasteiger partial charge in [-0.1, -0.05) is 0 Å². The van der Waals surface area contributed by atoms with Gasteiger partial charge in [0, 0.05) is 38.7 Å². The van der Waals surface area contributed by atoms with Crippen molar-refractivity contribution in [1.29, 1.82) is 0 Å². The quantitative estimate of drug-likeness (QED) is 0.770. The molecular weight excluding hydrogens is 247 g/mol. The predicted octanol–water partition coefficient (Wildman–Crippen LogP) is 1.44. The van der Waals surface area contributed by atoms with Crippen LogP contribution in [0.2, 0.25) is 0 Å². The molecule has 19 heavy (non-hydrogen) atoms. The van der Waals surface area contributed by atoms with Gasteiger partial charge in [0.15, 0.2) is 0 Å². The Balaban J connectivity index is 2.05. The van der Waals surface area contributed by atoms with Gasteiger partial charge in [-0.2, -0.15) is 0 Å². The second-order valence-electron chi connectivity index (χ2n) is 4.76. The van der Waals surface area contributed by atoms with Crippen LogP contribution in [0.15, 0.2) is 18.2 Å². The highest BCUT2D eigenvalue weighted by Crippen LogP contribution is 2.13. The van der Waals surface area contributed by atoms with Gasteiger partial charge in [-0.05, 0) is 30.7 Å². The van der Waals surface area contributed by atoms with Gasteiger partial charge in [0.1, 0.15) is 5.82 Å². The van der Waals surface area contributed by atoms with E-state index in [9.17, 15) is 14.0 Å². The Morgan fingerprint density at radius 1 is 1.11 bits per heavy atom. The number of rotatable bonds is 1. The average Bonchev–Trinajstić information content (AvgIpc) is 2.41. The zero-order chi connectivity index (χ0) is 14.0. The van der Waals surface area contributed by atoms with Gasteiger partial charge < -0.3 is 9.80 Å². The van der Waals surface area contributed by atoms with Crippen molar-refractivity contribution < 1.29 is 14.0 Å². The first-order valence-electron chi connectivity index (χ1n) is 6.30. The van der Waals surface area contributed by atoms with Crippen LogP contribution >= 0.6 is 0 Å². The number of halogens is 1. The first kappa shape index (κ1) is 13.5. The van der Waals surface area contributed by atoms with Gasteiger partial charge in [-0.25, -0.2) is 4.39 Å². The fourth-order valence-electron chi connectivity index (χ4n) is 2.18. The first-order valence-corrected chi connectivity index (χ1v) is 6.30. The van der Waals surface area contributed by atoms with Crippen LogP contribution in [0.5, 0.6) is 0 Å². The zero-order valence-corrected chi connectivity index (χ0v) is 11.1. The summed E-state index contributed by atoms with van der Waals surface area (Å²) in [5.74, 6) is -0.381. The van der Waals surface area contributed by atoms with Gasteiger partial charge >= 0.3 is 0 Å². The summed E-state index contributed by atoms with van der Waals surface area (Å²) in [7, 11) is 0. The minimum absolute atomic E-state index is 0.0322. The van der Waals surface area contributed by atoms with E-state index in [0.717, 1.165) is 0 Å². The number of carbonyl (C=O) groups excluding carboxylic acids is 2. The molecule has 0 saturated carbocycles. The molecular formula is C14H17FN2O2. The fourth-order valence-corrected chi connectivity index (χ4v) is 2.18. The number of benzene rings is 1. The van der Waals surface area contributed by atoms with E-state index in [1.807, 2.05) is 0 Å². The van der Waals surface area contributed by atoms with Crippen LogP contribution in [0, 0.1) is 12.7 Å². The van der Waals surface area contributed by atoms with Crippen molar-refractivity contribution in [2.24, 2.45) is 0 Å². The normalized spacial score (nSPS) is 15.5. The molecule has 0 unspecified atom stereocenters. The standard InChI is InChI=1S/C14H17FN2O2/c1-10-9-12(3-4-13(10)15)14(19)17-7-5-16(6-8-17)11(2)18/h3-4,9H,5-8H2,1-2H3. The van der Waals surface area contributed by atoms with Crippen molar-refractivity contribution in [2.45, 2.75) is 13.8 Å². The van der Waals surface area contributed by atoms with Crippen LogP contribution in [-0.2, 0) is 4.79 Å². The summed E-state index contributed by atoms with van der Waals surface area (Å²) in [5, 5.41) is 0. The van der Waals surface area contributed by atoms with Crippen LogP contribution in [0.25, 0.3) is 0 Å². The molecule has 0 aliphatic carbocycles. The summed E-state index contributed by atoms with van der Waals surface area (Å²) in [6.45, 7) is 5.33. The summed E-state index contributed by atoms with van der Waals surface area (Å²) in [4.78, 5) is 26.9. The third-order valence-electron chi connectivity index (χ3n) is 3.42. The molecule has 1 aliphatic heterocycles. The molecule has 5 heteroatoms. The van der Waals surface area contributed by atoms with E-state index in [4.69, 9.17) is 0 Å². The number of aryl methyl sites for hydroxylation is 1. The molecule has 0 N–H and O–H groups in total. The lowest BCUT2D eigenvalue weighted by Crippen LogP contribution is -2.50. The minimum Gasteiger partial charge on any atom is -0.339 e. The largest absolute Gasteiger partial charge is 0.339 e. The Morgan fingerprint density at radius 2 is 1.68 bits per heavy atom. The van der Waals surface area contributed by atoms with Crippen LogP contribution < -0.4 is 0 Å². The highest BCUT2D eigenvalue weighted by atomic mass is 19.1. The van der Waals surface area contributed by atoms with E-state index in [2.05, 4.69) is 0 Å². The number of hydrogen-bond donors (Lipinski definition) is 0. The third-order valence-corrected chi connectivity index (χ3v) is 3.42. The minimum atomic E-state index is -0.307. The predicted molar refractivity (Wildman–Crippen MR) is 69.3 cm³/mol. The maximum absolute atomic E-state index is 13.2. The highest BCUT2D eigenvalue weighted by Gasteiger charge is 2.23. The molecule has 0 spiro atoms. The van der Waals surface area contributed by atoms with E-state index in [-0.39, 0.29) is 17.6 Å². The molecule has 1 fully saturated rings. The van der Waals surface area contributed by atoms with E-state index in [0.29, 0.717) is 37.3 Å². The second-order valence-corrected chi connectivity index (χ2v) is 4.76. The van der Waals surface area contributed by atoms with Crippen LogP contribution in [0.4, 0.5) is 4.39 Å². The summed E-state index contributed by atoms with van der Waals surface area (Å²) in [5.41, 5.74) is 0.961. The molecule has 4 nitrogen and oxygen atoms in total. The molecule has 0 aromatic heterocycles. The second kappa shape index (κ2) is 5.38. The summed E-state index contributed by atoms with van der Waals surface area (Å²) < 4.78 is 13.2. The lowest BCUT2D eigenvalue weighted by Gasteiger charge is -2.34. The average molecular weight is 264 g/mol. The maximum Gasteiger partial charge on any atom is 0.253 e. The van der Waals surface area contributed by atoms with Crippen LogP contribution in [0.1, 0.15) is 22.8 Å². The topological polar surface area (TPSA) is 40.6 Å². The molecule has 1 heterocycles. The summed E-state index contributed by atoms with van der Waals surface area (Å²) in [6, 6.07) is 4.38. The number of piperazine rings is 1. The van der Waals surface area contributed by atoms with E-state index in [1.54, 1.807) is 22.8 Å². The third kappa shape index (κ3) is 2.92. The lowest BCUT2D eigenvalue weighted by molar-refractivity contribution is -0.130. The molecule has 1 aromatic rings. The summed E-state index contributed by atoms with van der Waals surface area (Å²) >= 11 is 0. The Labute approximate surface area is 111 Å². The molecule has 1 aromatic carbocycles. The molecule has 2 rings (SSSR count). The van der Waals surface area contributed by atoms with Gasteiger partial charge in [0.2, 0.25) is 5.91 Å². The van der Waals surface area contributed by atoms with E-state index < -0.39 is 0 Å². The van der Waals surface area contributed by atoms with Crippen molar-refractivity contribution in [3.05, 3.63) is 35.1 Å². The van der Waals surface area contributed by atoms with Gasteiger partial charge in [0.05, 0.1) is 0 Å². The van der Waals surface area contributed by atoms with Crippen molar-refractivity contribution in [1.82, 2.24) is 9.80 Å². The van der Waals surface area contributed by atoms with E-state index >= 15 is 0 Å². The maximum atomic E-state index is 13.2. The first-order chi connectivity index (χ1) is 8.99. The zero-order valence-electron chi connectivity index (χ0n) is 11.1. The summed E-state index contributed by atoms with van der Waals surface area (Å²) in [6.07, 6.45) is 0. The van der Waals surface area contributed by atoms with Gasteiger partial charge in [0.25, 0.3) is 5.91 Å². The van der Waals surface area contributed by atoms with Crippen LogP contribution in [-0.4, -0.2) is 47.8 Å². The van der Waals surface area contributed by atoms with Gasteiger partial charge in [-0.15, -0.1) is 0 Å². The molecule has 1 aliphatic rings. The van der Waals surface area contributed by atoms with Crippen molar-refractivity contribution >= 4 is 11.8 Å². The Morgan fingerprint density at radius 3 is 2.21 bits per heavy atom. The molecule has 0 bridgehead atoms. The number of hydrogen-bond acceptors (Lipinski definition) is 2. The molecule has 0 atom stereocenters. The Hall–Kier alpha value is -1.91. The number of nitrogens with zero attached hydrogens (tertiary/aromatic N) is 2. The Bertz CT molecular complexity index is 508. The molecule has 2 amide bonds. The number of carbonyl (C=O) groups is 2. The number of amides is 2. The van der Waals surface area contributed by atoms with Crippen LogP contribution in [0.3, 0.4) is 0 Å². The van der Waals surface area contributed by atoms with Gasteiger partial charge in [-0.3, -0.25) is 9.59 Å². The Kier molecular flexibility index (Phi) is 3.83. The molecule has 0 radical (unpaired) electrons. The highest BCUT2D eigenvalue weighted by molar-refractivity contribution is 5.94. The smallest absolute Gasteiger partial charge is 0.253 e. The fraction of sp³-hybridized carbons (Fsp3) is 0.429. The lowest BCUT2D eigenvalue weighted by atomic mass is 10.1. The van der Waals surface area contributed by atoms with Crippen molar-refractivity contribution in [3.8, 4) is 0 Å². The SMILES string of the molecule is CC(=O)N1CCN(C(=O)c2ccc(F)c(C)c2)CC1. The molecule has 102 valence electrons. The van der Waals surface area contributed by atoms with Crippen molar-refractivity contribution in [3.63, 3.8) is 0 Å². The van der Waals surface area contributed by atoms with E-state index in [1.165, 1.54) is 19.1 Å².